The van der Waals surface area contributed by atoms with Gasteiger partial charge in [0, 0.05) is 6.08 Å². The van der Waals surface area contributed by atoms with Gasteiger partial charge in [0.1, 0.15) is 5.75 Å². The predicted molar refractivity (Wildman–Crippen MR) is 91.1 cm³/mol. The molecule has 0 heterocycles. The molecular formula is C20H22O2. The van der Waals surface area contributed by atoms with E-state index in [4.69, 9.17) is 4.74 Å². The molecule has 0 spiro atoms. The second-order valence-corrected chi connectivity index (χ2v) is 5.90. The van der Waals surface area contributed by atoms with E-state index in [9.17, 15) is 4.79 Å². The lowest BCUT2D eigenvalue weighted by atomic mass is 10.0. The van der Waals surface area contributed by atoms with Gasteiger partial charge in [0.15, 0.2) is 0 Å². The van der Waals surface area contributed by atoms with Crippen molar-refractivity contribution in [3.63, 3.8) is 0 Å². The van der Waals surface area contributed by atoms with Gasteiger partial charge < -0.3 is 4.74 Å². The average molecular weight is 294 g/mol. The zero-order chi connectivity index (χ0) is 16.1. The first-order valence-corrected chi connectivity index (χ1v) is 7.52. The Kier molecular flexibility index (Phi) is 5.16. The number of ether oxygens (including phenoxy) is 1. The molecule has 0 aliphatic rings. The summed E-state index contributed by atoms with van der Waals surface area (Å²) in [5, 5.41) is 0. The van der Waals surface area contributed by atoms with Crippen molar-refractivity contribution in [1.29, 1.82) is 0 Å². The molecule has 0 aliphatic heterocycles. The molecule has 0 atom stereocenters. The van der Waals surface area contributed by atoms with Gasteiger partial charge in [0.25, 0.3) is 0 Å². The maximum Gasteiger partial charge on any atom is 0.336 e. The lowest BCUT2D eigenvalue weighted by molar-refractivity contribution is -0.128. The lowest BCUT2D eigenvalue weighted by Crippen LogP contribution is -2.04. The van der Waals surface area contributed by atoms with Gasteiger partial charge in [0.05, 0.1) is 0 Å². The summed E-state index contributed by atoms with van der Waals surface area (Å²) in [5.74, 6) is 0.729. The van der Waals surface area contributed by atoms with Crippen molar-refractivity contribution in [2.45, 2.75) is 33.6 Å². The highest BCUT2D eigenvalue weighted by Crippen LogP contribution is 2.17. The van der Waals surface area contributed by atoms with Gasteiger partial charge in [-0.05, 0) is 60.2 Å². The molecule has 0 saturated heterocycles. The zero-order valence-corrected chi connectivity index (χ0v) is 13.6. The van der Waals surface area contributed by atoms with Crippen molar-refractivity contribution in [3.05, 3.63) is 70.8 Å². The summed E-state index contributed by atoms with van der Waals surface area (Å²) < 4.78 is 5.33. The van der Waals surface area contributed by atoms with E-state index in [1.807, 2.05) is 44.2 Å². The van der Waals surface area contributed by atoms with Crippen LogP contribution in [0.2, 0.25) is 0 Å². The molecule has 2 aromatic carbocycles. The van der Waals surface area contributed by atoms with Gasteiger partial charge in [-0.25, -0.2) is 4.79 Å². The van der Waals surface area contributed by atoms with Crippen LogP contribution in [-0.2, 0) is 4.79 Å². The Balaban J connectivity index is 2.01. The maximum atomic E-state index is 11.9. The summed E-state index contributed by atoms with van der Waals surface area (Å²) in [7, 11) is 0. The van der Waals surface area contributed by atoms with Crippen LogP contribution in [0.3, 0.4) is 0 Å². The summed E-state index contributed by atoms with van der Waals surface area (Å²) >= 11 is 0. The Morgan fingerprint density at radius 1 is 1.00 bits per heavy atom. The number of aryl methyl sites for hydroxylation is 2. The monoisotopic (exact) mass is 294 g/mol. The molecule has 0 aromatic heterocycles. The average Bonchev–Trinajstić information content (AvgIpc) is 2.44. The van der Waals surface area contributed by atoms with Crippen molar-refractivity contribution in [2.75, 3.05) is 0 Å². The van der Waals surface area contributed by atoms with Gasteiger partial charge in [-0.2, -0.15) is 0 Å². The molecular weight excluding hydrogens is 272 g/mol. The molecule has 0 amide bonds. The fourth-order valence-corrected chi connectivity index (χ4v) is 2.30. The molecule has 0 fully saturated rings. The van der Waals surface area contributed by atoms with Gasteiger partial charge in [-0.15, -0.1) is 0 Å². The first-order chi connectivity index (χ1) is 10.4. The fraction of sp³-hybridized carbons (Fsp3) is 0.250. The number of hydrogen-bond donors (Lipinski definition) is 0. The van der Waals surface area contributed by atoms with Crippen LogP contribution < -0.4 is 4.74 Å². The second-order valence-electron chi connectivity index (χ2n) is 5.90. The number of carbonyl (C=O) groups excluding carboxylic acids is 1. The number of benzene rings is 2. The van der Waals surface area contributed by atoms with Crippen molar-refractivity contribution in [3.8, 4) is 5.75 Å². The number of carbonyl (C=O) groups is 1. The molecule has 114 valence electrons. The minimum absolute atomic E-state index is 0.363. The molecule has 0 aliphatic carbocycles. The highest BCUT2D eigenvalue weighted by molar-refractivity contribution is 5.88. The minimum Gasteiger partial charge on any atom is -0.423 e. The van der Waals surface area contributed by atoms with E-state index >= 15 is 0 Å². The van der Waals surface area contributed by atoms with E-state index in [1.165, 1.54) is 11.6 Å². The van der Waals surface area contributed by atoms with E-state index in [1.54, 1.807) is 6.08 Å². The van der Waals surface area contributed by atoms with E-state index in [-0.39, 0.29) is 5.97 Å². The third-order valence-electron chi connectivity index (χ3n) is 3.43. The number of rotatable bonds is 4. The van der Waals surface area contributed by atoms with Crippen molar-refractivity contribution < 1.29 is 9.53 Å². The SMILES string of the molecule is Cc1cc(C)cc(OC(=O)/C=C/c2ccc(C(C)C)cc2)c1. The van der Waals surface area contributed by atoms with Crippen molar-refractivity contribution >= 4 is 12.0 Å². The Morgan fingerprint density at radius 2 is 1.59 bits per heavy atom. The minimum atomic E-state index is -0.363. The Hall–Kier alpha value is -2.35. The van der Waals surface area contributed by atoms with Crippen LogP contribution >= 0.6 is 0 Å². The van der Waals surface area contributed by atoms with Crippen LogP contribution in [0.15, 0.2) is 48.5 Å². The van der Waals surface area contributed by atoms with E-state index < -0.39 is 0 Å². The van der Waals surface area contributed by atoms with Gasteiger partial charge in [-0.3, -0.25) is 0 Å². The first-order valence-electron chi connectivity index (χ1n) is 7.52. The van der Waals surface area contributed by atoms with Crippen LogP contribution in [0.5, 0.6) is 5.75 Å². The quantitative estimate of drug-likeness (QED) is 0.448. The summed E-state index contributed by atoms with van der Waals surface area (Å²) in [5.41, 5.74) is 4.43. The number of esters is 1. The predicted octanol–water partition coefficient (Wildman–Crippen LogP) is 5.05. The standard InChI is InChI=1S/C20H22O2/c1-14(2)18-8-5-17(6-9-18)7-10-20(21)22-19-12-15(3)11-16(4)13-19/h5-14H,1-4H3/b10-7+. The highest BCUT2D eigenvalue weighted by atomic mass is 16.5. The third-order valence-corrected chi connectivity index (χ3v) is 3.43. The van der Waals surface area contributed by atoms with E-state index in [2.05, 4.69) is 26.0 Å². The Bertz CT molecular complexity index is 659. The third kappa shape index (κ3) is 4.59. The normalized spacial score (nSPS) is 11.1. The molecule has 2 nitrogen and oxygen atoms in total. The highest BCUT2D eigenvalue weighted by Gasteiger charge is 2.02. The smallest absolute Gasteiger partial charge is 0.336 e. The molecule has 2 rings (SSSR count). The molecule has 0 unspecified atom stereocenters. The molecule has 0 radical (unpaired) electrons. The van der Waals surface area contributed by atoms with E-state index in [0.717, 1.165) is 16.7 Å². The molecule has 0 N–H and O–H groups in total. The number of hydrogen-bond acceptors (Lipinski definition) is 2. The fourth-order valence-electron chi connectivity index (χ4n) is 2.30. The van der Waals surface area contributed by atoms with Gasteiger partial charge in [-0.1, -0.05) is 44.2 Å². The first kappa shape index (κ1) is 16.0. The Labute approximate surface area is 132 Å². The summed E-state index contributed by atoms with van der Waals surface area (Å²) in [6.45, 7) is 8.28. The second kappa shape index (κ2) is 7.08. The summed E-state index contributed by atoms with van der Waals surface area (Å²) in [6, 6.07) is 13.9. The lowest BCUT2D eigenvalue weighted by Gasteiger charge is -2.05. The molecule has 22 heavy (non-hydrogen) atoms. The maximum absolute atomic E-state index is 11.9. The molecule has 0 bridgehead atoms. The zero-order valence-electron chi connectivity index (χ0n) is 13.6. The van der Waals surface area contributed by atoms with E-state index in [0.29, 0.717) is 11.7 Å². The van der Waals surface area contributed by atoms with Crippen molar-refractivity contribution in [1.82, 2.24) is 0 Å². The summed E-state index contributed by atoms with van der Waals surface area (Å²) in [6.07, 6.45) is 3.23. The van der Waals surface area contributed by atoms with Crippen LogP contribution in [0.1, 0.15) is 42.0 Å². The molecule has 2 aromatic rings. The van der Waals surface area contributed by atoms with Gasteiger partial charge >= 0.3 is 5.97 Å². The molecule has 0 saturated carbocycles. The Morgan fingerprint density at radius 3 is 2.14 bits per heavy atom. The topological polar surface area (TPSA) is 26.3 Å². The molecule has 2 heteroatoms. The van der Waals surface area contributed by atoms with Crippen LogP contribution in [0.4, 0.5) is 0 Å². The van der Waals surface area contributed by atoms with Crippen LogP contribution in [0, 0.1) is 13.8 Å². The van der Waals surface area contributed by atoms with Crippen LogP contribution in [-0.4, -0.2) is 5.97 Å². The van der Waals surface area contributed by atoms with Crippen LogP contribution in [0.25, 0.3) is 6.08 Å². The summed E-state index contributed by atoms with van der Waals surface area (Å²) in [4.78, 5) is 11.9. The van der Waals surface area contributed by atoms with Crippen molar-refractivity contribution in [2.24, 2.45) is 0 Å². The van der Waals surface area contributed by atoms with Gasteiger partial charge in [0.2, 0.25) is 0 Å². The largest absolute Gasteiger partial charge is 0.423 e.